The number of ether oxygens (including phenoxy) is 1. The van der Waals surface area contributed by atoms with Crippen LogP contribution in [0.4, 0.5) is 0 Å². The molecule has 33 heavy (non-hydrogen) atoms. The van der Waals surface area contributed by atoms with Crippen molar-refractivity contribution in [2.45, 2.75) is 39.3 Å². The third-order valence-corrected chi connectivity index (χ3v) is 7.12. The summed E-state index contributed by atoms with van der Waals surface area (Å²) in [5, 5.41) is 2.11. The molecule has 1 aromatic heterocycles. The molecule has 172 valence electrons. The van der Waals surface area contributed by atoms with E-state index in [1.54, 1.807) is 16.2 Å². The van der Waals surface area contributed by atoms with E-state index in [1.165, 1.54) is 10.4 Å². The van der Waals surface area contributed by atoms with Crippen molar-refractivity contribution in [3.05, 3.63) is 87.6 Å². The van der Waals surface area contributed by atoms with Gasteiger partial charge in [0.25, 0.3) is 5.91 Å². The number of carbonyl (C=O) groups excluding carboxylic acids is 2. The molecule has 1 unspecified atom stereocenters. The number of para-hydroxylation sites is 1. The maximum Gasteiger partial charge on any atom is 0.261 e. The van der Waals surface area contributed by atoms with Crippen molar-refractivity contribution >= 4 is 23.2 Å². The van der Waals surface area contributed by atoms with Gasteiger partial charge in [0.15, 0.2) is 6.61 Å². The molecule has 0 spiro atoms. The summed E-state index contributed by atoms with van der Waals surface area (Å²) in [4.78, 5) is 31.5. The Bertz CT molecular complexity index is 1110. The van der Waals surface area contributed by atoms with E-state index in [9.17, 15) is 9.59 Å². The largest absolute Gasteiger partial charge is 0.484 e. The summed E-state index contributed by atoms with van der Waals surface area (Å²) in [7, 11) is 0. The monoisotopic (exact) mass is 462 g/mol. The Labute approximate surface area is 199 Å². The lowest BCUT2D eigenvalue weighted by Crippen LogP contribution is -2.49. The number of nitrogens with zero attached hydrogens (tertiary/aromatic N) is 2. The second-order valence-electron chi connectivity index (χ2n) is 8.61. The van der Waals surface area contributed by atoms with E-state index in [0.29, 0.717) is 12.3 Å². The first-order chi connectivity index (χ1) is 16.0. The molecule has 1 aliphatic heterocycles. The second kappa shape index (κ2) is 10.2. The van der Waals surface area contributed by atoms with Crippen LogP contribution in [0.5, 0.6) is 5.75 Å². The van der Waals surface area contributed by atoms with Gasteiger partial charge in [-0.15, -0.1) is 11.3 Å². The number of amides is 2. The number of fused-ring (bicyclic) bond motifs is 1. The zero-order chi connectivity index (χ0) is 23.4. The zero-order valence-corrected chi connectivity index (χ0v) is 20.2. The normalized spacial score (nSPS) is 15.3. The van der Waals surface area contributed by atoms with Crippen molar-refractivity contribution in [1.82, 2.24) is 9.80 Å². The zero-order valence-electron chi connectivity index (χ0n) is 19.4. The van der Waals surface area contributed by atoms with Gasteiger partial charge < -0.3 is 14.5 Å². The fourth-order valence-electron chi connectivity index (χ4n) is 4.35. The minimum Gasteiger partial charge on any atom is -0.484 e. The molecule has 2 heterocycles. The molecule has 1 aliphatic rings. The van der Waals surface area contributed by atoms with Crippen LogP contribution in [-0.2, 0) is 16.0 Å². The molecule has 6 heteroatoms. The van der Waals surface area contributed by atoms with E-state index in [4.69, 9.17) is 4.74 Å². The number of hydrogen-bond acceptors (Lipinski definition) is 4. The smallest absolute Gasteiger partial charge is 0.261 e. The Morgan fingerprint density at radius 1 is 1.06 bits per heavy atom. The minimum atomic E-state index is -0.192. The Morgan fingerprint density at radius 3 is 2.52 bits per heavy atom. The van der Waals surface area contributed by atoms with Gasteiger partial charge in [0.05, 0.1) is 6.04 Å². The molecule has 0 saturated heterocycles. The van der Waals surface area contributed by atoms with Crippen molar-refractivity contribution in [3.8, 4) is 5.75 Å². The minimum absolute atomic E-state index is 0.0382. The van der Waals surface area contributed by atoms with E-state index in [2.05, 4.69) is 30.5 Å². The topological polar surface area (TPSA) is 49.9 Å². The van der Waals surface area contributed by atoms with Gasteiger partial charge in [-0.1, -0.05) is 42.5 Å². The summed E-state index contributed by atoms with van der Waals surface area (Å²) >= 11 is 1.75. The predicted molar refractivity (Wildman–Crippen MR) is 132 cm³/mol. The average Bonchev–Trinajstić information content (AvgIpc) is 3.30. The highest BCUT2D eigenvalue weighted by Gasteiger charge is 2.35. The molecule has 1 atom stereocenters. The maximum absolute atomic E-state index is 13.6. The number of thiophene rings is 1. The van der Waals surface area contributed by atoms with Crippen LogP contribution < -0.4 is 4.74 Å². The molecule has 5 nitrogen and oxygen atoms in total. The SMILES string of the molecule is Cc1ccccc1C1c2ccsc2CCN1C(=O)CN(C(=O)COc1ccccc1)C(C)C. The third kappa shape index (κ3) is 5.11. The standard InChI is InChI=1S/C27H30N2O3S/c1-19(2)29(26(31)18-32-21-10-5-4-6-11-21)17-25(30)28-15-13-24-23(14-16-33-24)27(28)22-12-8-7-9-20(22)3/h4-12,14,16,19,27H,13,15,17-18H2,1-3H3. The molecule has 0 N–H and O–H groups in total. The summed E-state index contributed by atoms with van der Waals surface area (Å²) in [6, 6.07) is 19.4. The van der Waals surface area contributed by atoms with Gasteiger partial charge in [-0.25, -0.2) is 0 Å². The highest BCUT2D eigenvalue weighted by atomic mass is 32.1. The van der Waals surface area contributed by atoms with E-state index in [-0.39, 0.29) is 37.0 Å². The van der Waals surface area contributed by atoms with Crippen molar-refractivity contribution in [1.29, 1.82) is 0 Å². The number of hydrogen-bond donors (Lipinski definition) is 0. The number of rotatable bonds is 7. The highest BCUT2D eigenvalue weighted by Crippen LogP contribution is 2.39. The Kier molecular flexibility index (Phi) is 7.14. The van der Waals surface area contributed by atoms with Crippen LogP contribution in [-0.4, -0.2) is 47.4 Å². The Morgan fingerprint density at radius 2 is 1.79 bits per heavy atom. The van der Waals surface area contributed by atoms with Crippen molar-refractivity contribution in [3.63, 3.8) is 0 Å². The maximum atomic E-state index is 13.6. The lowest BCUT2D eigenvalue weighted by Gasteiger charge is -2.38. The molecular weight excluding hydrogens is 432 g/mol. The Hall–Kier alpha value is -3.12. The number of carbonyl (C=O) groups is 2. The van der Waals surface area contributed by atoms with E-state index in [1.807, 2.05) is 61.2 Å². The van der Waals surface area contributed by atoms with Crippen LogP contribution in [0.3, 0.4) is 0 Å². The van der Waals surface area contributed by atoms with E-state index < -0.39 is 0 Å². The summed E-state index contributed by atoms with van der Waals surface area (Å²) in [5.41, 5.74) is 3.50. The molecule has 0 saturated carbocycles. The molecule has 4 rings (SSSR count). The summed E-state index contributed by atoms with van der Waals surface area (Å²) in [6.45, 7) is 6.54. The Balaban J connectivity index is 1.53. The van der Waals surface area contributed by atoms with Crippen LogP contribution in [0.15, 0.2) is 66.0 Å². The molecular formula is C27H30N2O3S. The second-order valence-corrected chi connectivity index (χ2v) is 9.61. The lowest BCUT2D eigenvalue weighted by molar-refractivity contribution is -0.144. The first-order valence-corrected chi connectivity index (χ1v) is 12.2. The quantitative estimate of drug-likeness (QED) is 0.505. The average molecular weight is 463 g/mol. The summed E-state index contributed by atoms with van der Waals surface area (Å²) < 4.78 is 5.65. The predicted octanol–water partition coefficient (Wildman–Crippen LogP) is 4.85. The van der Waals surface area contributed by atoms with Crippen LogP contribution >= 0.6 is 11.3 Å². The van der Waals surface area contributed by atoms with Crippen molar-refractivity contribution < 1.29 is 14.3 Å². The molecule has 2 amide bonds. The molecule has 0 fully saturated rings. The number of aryl methyl sites for hydroxylation is 1. The van der Waals surface area contributed by atoms with Gasteiger partial charge in [-0.3, -0.25) is 9.59 Å². The molecule has 2 aromatic carbocycles. The van der Waals surface area contributed by atoms with Crippen LogP contribution in [0.25, 0.3) is 0 Å². The fraction of sp³-hybridized carbons (Fsp3) is 0.333. The summed E-state index contributed by atoms with van der Waals surface area (Å²) in [6.07, 6.45) is 0.841. The van der Waals surface area contributed by atoms with Gasteiger partial charge in [-0.05, 0) is 67.5 Å². The van der Waals surface area contributed by atoms with Crippen LogP contribution in [0, 0.1) is 6.92 Å². The molecule has 0 aliphatic carbocycles. The van der Waals surface area contributed by atoms with E-state index in [0.717, 1.165) is 17.5 Å². The van der Waals surface area contributed by atoms with Crippen LogP contribution in [0.1, 0.15) is 41.5 Å². The number of benzene rings is 2. The lowest BCUT2D eigenvalue weighted by atomic mass is 9.90. The fourth-order valence-corrected chi connectivity index (χ4v) is 5.26. The van der Waals surface area contributed by atoms with Crippen LogP contribution in [0.2, 0.25) is 0 Å². The first kappa shape index (κ1) is 23.1. The van der Waals surface area contributed by atoms with Gasteiger partial charge in [0.1, 0.15) is 12.3 Å². The third-order valence-electron chi connectivity index (χ3n) is 6.12. The van der Waals surface area contributed by atoms with Crippen molar-refractivity contribution in [2.24, 2.45) is 0 Å². The molecule has 3 aromatic rings. The summed E-state index contributed by atoms with van der Waals surface area (Å²) in [5.74, 6) is 0.409. The molecule has 0 radical (unpaired) electrons. The van der Waals surface area contributed by atoms with Gasteiger partial charge in [0, 0.05) is 17.5 Å². The van der Waals surface area contributed by atoms with Gasteiger partial charge >= 0.3 is 0 Å². The van der Waals surface area contributed by atoms with Gasteiger partial charge in [-0.2, -0.15) is 0 Å². The van der Waals surface area contributed by atoms with E-state index >= 15 is 0 Å². The highest BCUT2D eigenvalue weighted by molar-refractivity contribution is 7.10. The molecule has 0 bridgehead atoms. The van der Waals surface area contributed by atoms with Gasteiger partial charge in [0.2, 0.25) is 5.91 Å². The first-order valence-electron chi connectivity index (χ1n) is 11.3. The van der Waals surface area contributed by atoms with Crippen molar-refractivity contribution in [2.75, 3.05) is 19.7 Å².